The van der Waals surface area contributed by atoms with Crippen molar-refractivity contribution in [1.29, 1.82) is 0 Å². The lowest BCUT2D eigenvalue weighted by atomic mass is 9.64. The van der Waals surface area contributed by atoms with Crippen molar-refractivity contribution in [3.05, 3.63) is 29.8 Å². The molecule has 1 aromatic carbocycles. The summed E-state index contributed by atoms with van der Waals surface area (Å²) in [6.07, 6.45) is 5.07. The second kappa shape index (κ2) is 9.61. The third-order valence-electron chi connectivity index (χ3n) is 6.21. The Morgan fingerprint density at radius 2 is 2.00 bits per heavy atom. The molecular formula is C23H34N2O4. The molecule has 1 aliphatic carbocycles. The predicted molar refractivity (Wildman–Crippen MR) is 112 cm³/mol. The van der Waals surface area contributed by atoms with Gasteiger partial charge >= 0.3 is 0 Å². The Morgan fingerprint density at radius 1 is 1.24 bits per heavy atom. The number of fused-ring (bicyclic) bond motifs is 1. The second-order valence-corrected chi connectivity index (χ2v) is 8.49. The maximum Gasteiger partial charge on any atom is 0.228 e. The maximum atomic E-state index is 13.4. The van der Waals surface area contributed by atoms with Crippen LogP contribution in [0.25, 0.3) is 0 Å². The first kappa shape index (κ1) is 21.6. The summed E-state index contributed by atoms with van der Waals surface area (Å²) in [6, 6.07) is 7.84. The van der Waals surface area contributed by atoms with Gasteiger partial charge in [0.2, 0.25) is 11.8 Å². The SMILES string of the molecule is COCCN1C(=O)CC[C@]2(C(=O)NCc3ccc(OC(C)C)cc3)CCCC[C@@H]12. The highest BCUT2D eigenvalue weighted by Crippen LogP contribution is 2.46. The fourth-order valence-electron chi connectivity index (χ4n) is 4.78. The standard InChI is InChI=1S/C23H34N2O4/c1-17(2)29-19-9-7-18(8-10-19)16-24-22(27)23-12-5-4-6-20(23)25(14-15-28-3)21(26)11-13-23/h7-10,17,20H,4-6,11-16H2,1-3H3,(H,24,27)/t20-,23-/m1/s1. The third kappa shape index (κ3) is 4.92. The van der Waals surface area contributed by atoms with Crippen LogP contribution in [0.2, 0.25) is 0 Å². The Morgan fingerprint density at radius 3 is 2.69 bits per heavy atom. The summed E-state index contributed by atoms with van der Waals surface area (Å²) < 4.78 is 10.9. The lowest BCUT2D eigenvalue weighted by molar-refractivity contribution is -0.156. The molecular weight excluding hydrogens is 368 g/mol. The van der Waals surface area contributed by atoms with Gasteiger partial charge in [-0.25, -0.2) is 0 Å². The minimum atomic E-state index is -0.472. The second-order valence-electron chi connectivity index (χ2n) is 8.49. The molecule has 2 atom stereocenters. The van der Waals surface area contributed by atoms with E-state index in [0.29, 0.717) is 32.5 Å². The number of carbonyl (C=O) groups is 2. The van der Waals surface area contributed by atoms with Crippen molar-refractivity contribution in [2.75, 3.05) is 20.3 Å². The Labute approximate surface area is 173 Å². The number of hydrogen-bond acceptors (Lipinski definition) is 4. The van der Waals surface area contributed by atoms with E-state index < -0.39 is 5.41 Å². The van der Waals surface area contributed by atoms with E-state index in [2.05, 4.69) is 5.32 Å². The zero-order chi connectivity index (χ0) is 20.9. The molecule has 1 aliphatic heterocycles. The van der Waals surface area contributed by atoms with Gasteiger partial charge in [0.25, 0.3) is 0 Å². The van der Waals surface area contributed by atoms with E-state index in [-0.39, 0.29) is 24.0 Å². The first-order valence-electron chi connectivity index (χ1n) is 10.8. The molecule has 0 spiro atoms. The number of methoxy groups -OCH3 is 1. The highest BCUT2D eigenvalue weighted by Gasteiger charge is 2.52. The average molecular weight is 403 g/mol. The van der Waals surface area contributed by atoms with E-state index in [1.54, 1.807) is 7.11 Å². The normalized spacial score (nSPS) is 24.3. The predicted octanol–water partition coefficient (Wildman–Crippen LogP) is 3.29. The Balaban J connectivity index is 1.68. The van der Waals surface area contributed by atoms with Crippen molar-refractivity contribution in [2.24, 2.45) is 5.41 Å². The fraction of sp³-hybridized carbons (Fsp3) is 0.652. The van der Waals surface area contributed by atoms with Gasteiger partial charge in [-0.15, -0.1) is 0 Å². The largest absolute Gasteiger partial charge is 0.491 e. The van der Waals surface area contributed by atoms with E-state index >= 15 is 0 Å². The molecule has 0 bridgehead atoms. The van der Waals surface area contributed by atoms with Crippen LogP contribution in [0.15, 0.2) is 24.3 Å². The van der Waals surface area contributed by atoms with Gasteiger partial charge in [0.1, 0.15) is 5.75 Å². The smallest absolute Gasteiger partial charge is 0.228 e. The molecule has 6 heteroatoms. The van der Waals surface area contributed by atoms with E-state index in [1.807, 2.05) is 43.0 Å². The highest BCUT2D eigenvalue weighted by atomic mass is 16.5. The number of nitrogens with one attached hydrogen (secondary N) is 1. The van der Waals surface area contributed by atoms with Crippen LogP contribution >= 0.6 is 0 Å². The number of nitrogens with zero attached hydrogens (tertiary/aromatic N) is 1. The lowest BCUT2D eigenvalue weighted by Gasteiger charge is -2.51. The summed E-state index contributed by atoms with van der Waals surface area (Å²) in [5, 5.41) is 3.16. The summed E-state index contributed by atoms with van der Waals surface area (Å²) >= 11 is 0. The lowest BCUT2D eigenvalue weighted by Crippen LogP contribution is -2.62. The Hall–Kier alpha value is -2.08. The zero-order valence-corrected chi connectivity index (χ0v) is 17.9. The van der Waals surface area contributed by atoms with Crippen molar-refractivity contribution in [3.63, 3.8) is 0 Å². The Kier molecular flexibility index (Phi) is 7.17. The van der Waals surface area contributed by atoms with Gasteiger partial charge in [0.15, 0.2) is 0 Å². The quantitative estimate of drug-likeness (QED) is 0.725. The van der Waals surface area contributed by atoms with Crippen molar-refractivity contribution in [1.82, 2.24) is 10.2 Å². The molecule has 1 N–H and O–H groups in total. The van der Waals surface area contributed by atoms with E-state index in [9.17, 15) is 9.59 Å². The number of amides is 2. The van der Waals surface area contributed by atoms with Crippen molar-refractivity contribution in [3.8, 4) is 5.75 Å². The summed E-state index contributed by atoms with van der Waals surface area (Å²) in [5.41, 5.74) is 0.571. The van der Waals surface area contributed by atoms with Gasteiger partial charge < -0.3 is 19.7 Å². The molecule has 0 aromatic heterocycles. The molecule has 2 amide bonds. The molecule has 1 heterocycles. The summed E-state index contributed by atoms with van der Waals surface area (Å²) in [5.74, 6) is 1.07. The summed E-state index contributed by atoms with van der Waals surface area (Å²) in [4.78, 5) is 27.8. The molecule has 160 valence electrons. The minimum Gasteiger partial charge on any atom is -0.491 e. The van der Waals surface area contributed by atoms with Gasteiger partial charge in [-0.2, -0.15) is 0 Å². The average Bonchev–Trinajstić information content (AvgIpc) is 2.72. The topological polar surface area (TPSA) is 67.9 Å². The van der Waals surface area contributed by atoms with Crippen molar-refractivity contribution >= 4 is 11.8 Å². The maximum absolute atomic E-state index is 13.4. The molecule has 6 nitrogen and oxygen atoms in total. The van der Waals surface area contributed by atoms with Gasteiger partial charge in [0.05, 0.1) is 18.1 Å². The van der Waals surface area contributed by atoms with Gasteiger partial charge in [-0.1, -0.05) is 25.0 Å². The third-order valence-corrected chi connectivity index (χ3v) is 6.21. The van der Waals surface area contributed by atoms with Crippen LogP contribution < -0.4 is 10.1 Å². The first-order chi connectivity index (χ1) is 14.0. The molecule has 1 saturated carbocycles. The molecule has 2 aliphatic rings. The van der Waals surface area contributed by atoms with Gasteiger partial charge in [-0.3, -0.25) is 9.59 Å². The monoisotopic (exact) mass is 402 g/mol. The molecule has 1 aromatic rings. The number of hydrogen-bond donors (Lipinski definition) is 1. The van der Waals surface area contributed by atoms with Crippen LogP contribution in [0.3, 0.4) is 0 Å². The van der Waals surface area contributed by atoms with Gasteiger partial charge in [0, 0.05) is 32.7 Å². The van der Waals surface area contributed by atoms with Crippen molar-refractivity contribution < 1.29 is 19.1 Å². The number of benzene rings is 1. The molecule has 29 heavy (non-hydrogen) atoms. The van der Waals surface area contributed by atoms with Crippen LogP contribution in [-0.4, -0.2) is 49.1 Å². The molecule has 0 unspecified atom stereocenters. The van der Waals surface area contributed by atoms with E-state index in [4.69, 9.17) is 9.47 Å². The molecule has 1 saturated heterocycles. The number of rotatable bonds is 8. The van der Waals surface area contributed by atoms with E-state index in [1.165, 1.54) is 0 Å². The van der Waals surface area contributed by atoms with Crippen LogP contribution in [0, 0.1) is 5.41 Å². The number of ether oxygens (including phenoxy) is 2. The molecule has 3 rings (SSSR count). The summed E-state index contributed by atoms with van der Waals surface area (Å²) in [7, 11) is 1.65. The number of piperidine rings is 1. The van der Waals surface area contributed by atoms with Crippen LogP contribution in [0.1, 0.15) is 57.9 Å². The van der Waals surface area contributed by atoms with Crippen LogP contribution in [-0.2, 0) is 20.9 Å². The van der Waals surface area contributed by atoms with Crippen molar-refractivity contribution in [2.45, 2.75) is 71.1 Å². The zero-order valence-electron chi connectivity index (χ0n) is 17.9. The fourth-order valence-corrected chi connectivity index (χ4v) is 4.78. The number of likely N-dealkylation sites (tertiary alicyclic amines) is 1. The first-order valence-corrected chi connectivity index (χ1v) is 10.8. The molecule has 2 fully saturated rings. The Bertz CT molecular complexity index is 703. The highest BCUT2D eigenvalue weighted by molar-refractivity contribution is 5.88. The minimum absolute atomic E-state index is 0.0190. The summed E-state index contributed by atoms with van der Waals surface area (Å²) in [6.45, 7) is 5.55. The number of carbonyl (C=O) groups excluding carboxylic acids is 2. The van der Waals surface area contributed by atoms with Crippen LogP contribution in [0.4, 0.5) is 0 Å². The molecule has 0 radical (unpaired) electrons. The van der Waals surface area contributed by atoms with Gasteiger partial charge in [-0.05, 0) is 50.8 Å². The van der Waals surface area contributed by atoms with Crippen LogP contribution in [0.5, 0.6) is 5.75 Å². The van der Waals surface area contributed by atoms with E-state index in [0.717, 1.165) is 37.0 Å².